The Balaban J connectivity index is 1.27. The van der Waals surface area contributed by atoms with Gasteiger partial charge >= 0.3 is 12.1 Å². The van der Waals surface area contributed by atoms with Gasteiger partial charge in [0.1, 0.15) is 0 Å². The molecule has 0 aliphatic carbocycles. The number of hydrogen-bond acceptors (Lipinski definition) is 5. The molecule has 0 radical (unpaired) electrons. The van der Waals surface area contributed by atoms with Gasteiger partial charge < -0.3 is 25.2 Å². The van der Waals surface area contributed by atoms with E-state index in [1.807, 2.05) is 60.7 Å². The average molecular weight is 470 g/mol. The molecule has 8 nitrogen and oxygen atoms in total. The highest BCUT2D eigenvalue weighted by Crippen LogP contribution is 2.33. The average Bonchev–Trinajstić information content (AvgIpc) is 2.90. The van der Waals surface area contributed by atoms with Crippen LogP contribution in [0, 0.1) is 0 Å². The molecule has 1 aromatic heterocycles. The first-order chi connectivity index (χ1) is 17.1. The van der Waals surface area contributed by atoms with Crippen LogP contribution in [0.15, 0.2) is 72.8 Å². The number of anilines is 3. The lowest BCUT2D eigenvalue weighted by Gasteiger charge is -2.34. The Labute approximate surface area is 203 Å². The van der Waals surface area contributed by atoms with Crippen LogP contribution in [0.3, 0.4) is 0 Å². The molecule has 4 aromatic rings. The van der Waals surface area contributed by atoms with Gasteiger partial charge in [-0.1, -0.05) is 36.4 Å². The number of pyridine rings is 1. The predicted molar refractivity (Wildman–Crippen MR) is 138 cm³/mol. The molecule has 178 valence electrons. The van der Waals surface area contributed by atoms with Crippen molar-refractivity contribution in [1.82, 2.24) is 14.8 Å². The van der Waals surface area contributed by atoms with E-state index in [0.717, 1.165) is 33.2 Å². The standard InChI is InChI=1S/C27H27N5O3/c1-2-35-27(34)32-17-15-31(16-18-32)26(33)29-20-13-11-19(12-14-20)28-25-21-7-3-5-9-23(21)30-24-10-6-4-8-22(24)25/h3-14H,2,15-18H2,1H3,(H,28,30)(H,29,33). The number of para-hydroxylation sites is 2. The molecule has 2 heterocycles. The number of nitrogens with zero attached hydrogens (tertiary/aromatic N) is 3. The maximum absolute atomic E-state index is 12.7. The summed E-state index contributed by atoms with van der Waals surface area (Å²) in [7, 11) is 0. The summed E-state index contributed by atoms with van der Waals surface area (Å²) in [5.74, 6) is 0. The first kappa shape index (κ1) is 22.5. The fourth-order valence-corrected chi connectivity index (χ4v) is 4.27. The van der Waals surface area contributed by atoms with Crippen molar-refractivity contribution in [3.05, 3.63) is 72.8 Å². The number of piperazine rings is 1. The predicted octanol–water partition coefficient (Wildman–Crippen LogP) is 5.44. The van der Waals surface area contributed by atoms with Gasteiger partial charge in [-0.15, -0.1) is 0 Å². The van der Waals surface area contributed by atoms with E-state index in [1.165, 1.54) is 0 Å². The van der Waals surface area contributed by atoms with Crippen molar-refractivity contribution < 1.29 is 14.3 Å². The second kappa shape index (κ2) is 9.89. The van der Waals surface area contributed by atoms with Crippen LogP contribution in [0.1, 0.15) is 6.92 Å². The highest BCUT2D eigenvalue weighted by molar-refractivity contribution is 6.08. The fourth-order valence-electron chi connectivity index (χ4n) is 4.27. The zero-order chi connectivity index (χ0) is 24.2. The van der Waals surface area contributed by atoms with Gasteiger partial charge in [0.25, 0.3) is 0 Å². The van der Waals surface area contributed by atoms with Gasteiger partial charge in [0.15, 0.2) is 0 Å². The lowest BCUT2D eigenvalue weighted by atomic mass is 10.1. The number of carbonyl (C=O) groups excluding carboxylic acids is 2. The minimum Gasteiger partial charge on any atom is -0.450 e. The number of carbonyl (C=O) groups is 2. The molecule has 3 amide bonds. The van der Waals surface area contributed by atoms with Gasteiger partial charge in [-0.25, -0.2) is 14.6 Å². The van der Waals surface area contributed by atoms with Crippen LogP contribution < -0.4 is 10.6 Å². The largest absolute Gasteiger partial charge is 0.450 e. The first-order valence-corrected chi connectivity index (χ1v) is 11.7. The molecule has 1 aliphatic rings. The highest BCUT2D eigenvalue weighted by atomic mass is 16.6. The summed E-state index contributed by atoms with van der Waals surface area (Å²) in [5.41, 5.74) is 4.48. The molecule has 0 saturated carbocycles. The molecule has 35 heavy (non-hydrogen) atoms. The maximum atomic E-state index is 12.7. The van der Waals surface area contributed by atoms with Crippen LogP contribution in [0.4, 0.5) is 26.7 Å². The third-order valence-electron chi connectivity index (χ3n) is 6.09. The molecule has 3 aromatic carbocycles. The van der Waals surface area contributed by atoms with E-state index in [9.17, 15) is 9.59 Å². The maximum Gasteiger partial charge on any atom is 0.409 e. The Kier molecular flexibility index (Phi) is 6.34. The molecule has 5 rings (SSSR count). The Hall–Kier alpha value is -4.33. The smallest absolute Gasteiger partial charge is 0.409 e. The number of amides is 3. The molecule has 1 fully saturated rings. The Bertz CT molecular complexity index is 1310. The van der Waals surface area contributed by atoms with Crippen LogP contribution in [0.25, 0.3) is 21.8 Å². The van der Waals surface area contributed by atoms with E-state index >= 15 is 0 Å². The van der Waals surface area contributed by atoms with Gasteiger partial charge in [-0.05, 0) is 43.3 Å². The molecule has 0 atom stereocenters. The number of urea groups is 1. The zero-order valence-corrected chi connectivity index (χ0v) is 19.5. The van der Waals surface area contributed by atoms with E-state index in [-0.39, 0.29) is 12.1 Å². The van der Waals surface area contributed by atoms with Crippen LogP contribution in [-0.2, 0) is 4.74 Å². The molecule has 8 heteroatoms. The van der Waals surface area contributed by atoms with Crippen LogP contribution >= 0.6 is 0 Å². The Morgan fingerprint density at radius 3 is 1.94 bits per heavy atom. The molecule has 0 unspecified atom stereocenters. The lowest BCUT2D eigenvalue weighted by molar-refractivity contribution is 0.0868. The number of hydrogen-bond donors (Lipinski definition) is 2. The van der Waals surface area contributed by atoms with Crippen molar-refractivity contribution in [3.63, 3.8) is 0 Å². The molecule has 0 bridgehead atoms. The Morgan fingerprint density at radius 1 is 0.800 bits per heavy atom. The van der Waals surface area contributed by atoms with Gasteiger partial charge in [0.05, 0.1) is 23.3 Å². The number of nitrogens with one attached hydrogen (secondary N) is 2. The van der Waals surface area contributed by atoms with Gasteiger partial charge in [-0.3, -0.25) is 0 Å². The van der Waals surface area contributed by atoms with Crippen LogP contribution in [-0.4, -0.2) is 59.7 Å². The summed E-state index contributed by atoms with van der Waals surface area (Å²) >= 11 is 0. The van der Waals surface area contributed by atoms with E-state index in [2.05, 4.69) is 22.8 Å². The van der Waals surface area contributed by atoms with E-state index in [4.69, 9.17) is 9.72 Å². The van der Waals surface area contributed by atoms with Crippen molar-refractivity contribution >= 4 is 51.0 Å². The van der Waals surface area contributed by atoms with E-state index in [0.29, 0.717) is 38.5 Å². The van der Waals surface area contributed by atoms with Gasteiger partial charge in [0.2, 0.25) is 0 Å². The van der Waals surface area contributed by atoms with Crippen LogP contribution in [0.5, 0.6) is 0 Å². The third kappa shape index (κ3) is 4.82. The third-order valence-corrected chi connectivity index (χ3v) is 6.09. The summed E-state index contributed by atoms with van der Waals surface area (Å²) in [6.07, 6.45) is -0.328. The minimum absolute atomic E-state index is 0.180. The molecular weight excluding hydrogens is 442 g/mol. The minimum atomic E-state index is -0.328. The fraction of sp³-hybridized carbons (Fsp3) is 0.222. The summed E-state index contributed by atoms with van der Waals surface area (Å²) in [6, 6.07) is 23.6. The van der Waals surface area contributed by atoms with Gasteiger partial charge in [0, 0.05) is 48.3 Å². The second-order valence-corrected chi connectivity index (χ2v) is 8.33. The number of rotatable bonds is 4. The van der Waals surface area contributed by atoms with E-state index in [1.54, 1.807) is 16.7 Å². The highest BCUT2D eigenvalue weighted by Gasteiger charge is 2.24. The van der Waals surface area contributed by atoms with Gasteiger partial charge in [-0.2, -0.15) is 0 Å². The SMILES string of the molecule is CCOC(=O)N1CCN(C(=O)Nc2ccc(Nc3c4ccccc4nc4ccccc34)cc2)CC1. The molecule has 1 saturated heterocycles. The number of ether oxygens (including phenoxy) is 1. The summed E-state index contributed by atoms with van der Waals surface area (Å²) in [4.78, 5) is 32.6. The normalized spacial score (nSPS) is 13.6. The van der Waals surface area contributed by atoms with Crippen molar-refractivity contribution in [2.75, 3.05) is 43.4 Å². The number of aromatic nitrogens is 1. The quantitative estimate of drug-likeness (QED) is 0.389. The number of benzene rings is 3. The van der Waals surface area contributed by atoms with Crippen molar-refractivity contribution in [1.29, 1.82) is 0 Å². The van der Waals surface area contributed by atoms with Crippen molar-refractivity contribution in [2.24, 2.45) is 0 Å². The Morgan fingerprint density at radius 2 is 1.34 bits per heavy atom. The van der Waals surface area contributed by atoms with Crippen molar-refractivity contribution in [2.45, 2.75) is 6.92 Å². The molecular formula is C27H27N5O3. The first-order valence-electron chi connectivity index (χ1n) is 11.7. The lowest BCUT2D eigenvalue weighted by Crippen LogP contribution is -2.51. The zero-order valence-electron chi connectivity index (χ0n) is 19.5. The molecule has 1 aliphatic heterocycles. The molecule has 2 N–H and O–H groups in total. The summed E-state index contributed by atoms with van der Waals surface area (Å²) in [5, 5.41) is 8.59. The summed E-state index contributed by atoms with van der Waals surface area (Å²) < 4.78 is 5.03. The molecule has 0 spiro atoms. The number of fused-ring (bicyclic) bond motifs is 2. The van der Waals surface area contributed by atoms with Crippen molar-refractivity contribution in [3.8, 4) is 0 Å². The monoisotopic (exact) mass is 469 g/mol. The summed E-state index contributed by atoms with van der Waals surface area (Å²) in [6.45, 7) is 3.98. The van der Waals surface area contributed by atoms with E-state index < -0.39 is 0 Å². The topological polar surface area (TPSA) is 86.8 Å². The van der Waals surface area contributed by atoms with Crippen LogP contribution in [0.2, 0.25) is 0 Å². The second-order valence-electron chi connectivity index (χ2n) is 8.33.